The van der Waals surface area contributed by atoms with E-state index in [1.54, 1.807) is 11.3 Å². The van der Waals surface area contributed by atoms with Crippen molar-refractivity contribution >= 4 is 27.3 Å². The summed E-state index contributed by atoms with van der Waals surface area (Å²) >= 11 is 5.20. The first-order valence-corrected chi connectivity index (χ1v) is 7.64. The number of thiazole rings is 1. The van der Waals surface area contributed by atoms with E-state index in [1.807, 2.05) is 18.2 Å². The van der Waals surface area contributed by atoms with Crippen LogP contribution in [-0.2, 0) is 0 Å². The fraction of sp³-hybridized carbons (Fsp3) is 0.0625. The van der Waals surface area contributed by atoms with E-state index >= 15 is 0 Å². The van der Waals surface area contributed by atoms with Gasteiger partial charge in [0.15, 0.2) is 0 Å². The third-order valence-corrected chi connectivity index (χ3v) is 4.48. The molecule has 94 valence electrons. The van der Waals surface area contributed by atoms with Gasteiger partial charge in [-0.05, 0) is 19.1 Å². The van der Waals surface area contributed by atoms with E-state index in [0.29, 0.717) is 0 Å². The molecule has 0 saturated carbocycles. The van der Waals surface area contributed by atoms with Crippen molar-refractivity contribution in [2.45, 2.75) is 6.92 Å². The summed E-state index contributed by atoms with van der Waals surface area (Å²) in [5.41, 5.74) is 3.43. The van der Waals surface area contributed by atoms with Gasteiger partial charge >= 0.3 is 0 Å². The van der Waals surface area contributed by atoms with Crippen molar-refractivity contribution in [2.75, 3.05) is 0 Å². The van der Waals surface area contributed by atoms with Crippen LogP contribution in [0, 0.1) is 6.92 Å². The number of benzene rings is 2. The van der Waals surface area contributed by atoms with Gasteiger partial charge in [0.05, 0.1) is 5.69 Å². The van der Waals surface area contributed by atoms with E-state index in [9.17, 15) is 0 Å². The number of rotatable bonds is 2. The fourth-order valence-electron chi connectivity index (χ4n) is 1.98. The summed E-state index contributed by atoms with van der Waals surface area (Å²) < 4.78 is 1.09. The zero-order chi connectivity index (χ0) is 13.2. The Kier molecular flexibility index (Phi) is 3.49. The monoisotopic (exact) mass is 329 g/mol. The first-order valence-electron chi connectivity index (χ1n) is 6.03. The number of hydrogen-bond acceptors (Lipinski definition) is 2. The predicted molar refractivity (Wildman–Crippen MR) is 85.4 cm³/mol. The minimum atomic E-state index is 1.08. The van der Waals surface area contributed by atoms with Gasteiger partial charge in [-0.1, -0.05) is 58.4 Å². The Morgan fingerprint density at radius 3 is 2.26 bits per heavy atom. The van der Waals surface area contributed by atoms with Crippen molar-refractivity contribution in [1.29, 1.82) is 0 Å². The predicted octanol–water partition coefficient (Wildman–Crippen LogP) is 5.55. The molecule has 1 nitrogen and oxygen atoms in total. The molecular weight excluding hydrogens is 318 g/mol. The smallest absolute Gasteiger partial charge is 0.124 e. The molecule has 0 bridgehead atoms. The molecule has 0 atom stereocenters. The maximum absolute atomic E-state index is 4.78. The van der Waals surface area contributed by atoms with Crippen molar-refractivity contribution in [1.82, 2.24) is 4.98 Å². The van der Waals surface area contributed by atoms with E-state index in [-0.39, 0.29) is 0 Å². The molecule has 0 aliphatic carbocycles. The number of hydrogen-bond donors (Lipinski definition) is 0. The summed E-state index contributed by atoms with van der Waals surface area (Å²) in [6.07, 6.45) is 0. The largest absolute Gasteiger partial charge is 0.236 e. The average molecular weight is 330 g/mol. The van der Waals surface area contributed by atoms with Crippen LogP contribution in [0.15, 0.2) is 59.1 Å². The van der Waals surface area contributed by atoms with Crippen molar-refractivity contribution in [3.05, 3.63) is 63.9 Å². The lowest BCUT2D eigenvalue weighted by atomic mass is 10.1. The highest BCUT2D eigenvalue weighted by Crippen LogP contribution is 2.33. The first-order chi connectivity index (χ1) is 9.24. The minimum absolute atomic E-state index is 1.08. The molecule has 0 aliphatic rings. The van der Waals surface area contributed by atoms with Gasteiger partial charge < -0.3 is 0 Å². The molecule has 0 spiro atoms. The van der Waals surface area contributed by atoms with Gasteiger partial charge in [0.2, 0.25) is 0 Å². The van der Waals surface area contributed by atoms with E-state index < -0.39 is 0 Å². The van der Waals surface area contributed by atoms with Crippen LogP contribution in [-0.4, -0.2) is 4.98 Å². The van der Waals surface area contributed by atoms with Crippen LogP contribution < -0.4 is 0 Å². The summed E-state index contributed by atoms with van der Waals surface area (Å²) in [6.45, 7) is 2.13. The Morgan fingerprint density at radius 1 is 0.895 bits per heavy atom. The Morgan fingerprint density at radius 2 is 1.58 bits per heavy atom. The van der Waals surface area contributed by atoms with Gasteiger partial charge in [-0.2, -0.15) is 0 Å². The van der Waals surface area contributed by atoms with Gasteiger partial charge in [0.1, 0.15) is 5.01 Å². The van der Waals surface area contributed by atoms with Crippen LogP contribution in [0.4, 0.5) is 0 Å². The molecule has 19 heavy (non-hydrogen) atoms. The summed E-state index contributed by atoms with van der Waals surface area (Å²) in [5, 5.41) is 1.08. The highest BCUT2D eigenvalue weighted by molar-refractivity contribution is 9.10. The van der Waals surface area contributed by atoms with Gasteiger partial charge in [-0.3, -0.25) is 0 Å². The summed E-state index contributed by atoms with van der Waals surface area (Å²) in [5.74, 6) is 0. The molecule has 1 heterocycles. The Bertz CT molecular complexity index is 687. The molecule has 3 heteroatoms. The topological polar surface area (TPSA) is 12.9 Å². The van der Waals surface area contributed by atoms with Crippen LogP contribution in [0.25, 0.3) is 21.8 Å². The number of nitrogens with zero attached hydrogens (tertiary/aromatic N) is 1. The molecule has 0 amide bonds. The zero-order valence-electron chi connectivity index (χ0n) is 10.4. The average Bonchev–Trinajstić information content (AvgIpc) is 2.83. The second-order valence-corrected chi connectivity index (χ2v) is 6.42. The molecule has 0 saturated heterocycles. The molecule has 3 rings (SSSR count). The van der Waals surface area contributed by atoms with Crippen LogP contribution in [0.1, 0.15) is 4.88 Å². The Labute approximate surface area is 125 Å². The summed E-state index contributed by atoms with van der Waals surface area (Å²) in [4.78, 5) is 6.03. The second-order valence-electron chi connectivity index (χ2n) is 4.30. The molecule has 0 unspecified atom stereocenters. The standard InChI is InChI=1S/C16H12BrNS/c1-11-15(12-7-9-14(17)10-8-12)18-16(19-11)13-5-3-2-4-6-13/h2-10H,1H3. The van der Waals surface area contributed by atoms with Crippen LogP contribution in [0.2, 0.25) is 0 Å². The molecule has 0 radical (unpaired) electrons. The van der Waals surface area contributed by atoms with Crippen LogP contribution in [0.3, 0.4) is 0 Å². The molecule has 0 aliphatic heterocycles. The van der Waals surface area contributed by atoms with E-state index in [0.717, 1.165) is 15.2 Å². The van der Waals surface area contributed by atoms with Crippen molar-refractivity contribution < 1.29 is 0 Å². The Balaban J connectivity index is 2.05. The van der Waals surface area contributed by atoms with Gasteiger partial charge in [0, 0.05) is 20.5 Å². The third-order valence-electron chi connectivity index (χ3n) is 2.93. The van der Waals surface area contributed by atoms with Crippen LogP contribution in [0.5, 0.6) is 0 Å². The van der Waals surface area contributed by atoms with Crippen molar-refractivity contribution in [3.63, 3.8) is 0 Å². The fourth-order valence-corrected chi connectivity index (χ4v) is 3.18. The zero-order valence-corrected chi connectivity index (χ0v) is 12.8. The normalized spacial score (nSPS) is 10.6. The van der Waals surface area contributed by atoms with Crippen LogP contribution >= 0.6 is 27.3 Å². The molecule has 0 N–H and O–H groups in total. The SMILES string of the molecule is Cc1sc(-c2ccccc2)nc1-c1ccc(Br)cc1. The van der Waals surface area contributed by atoms with E-state index in [2.05, 4.69) is 59.3 Å². The number of aryl methyl sites for hydroxylation is 1. The van der Waals surface area contributed by atoms with Crippen molar-refractivity contribution in [3.8, 4) is 21.8 Å². The maximum Gasteiger partial charge on any atom is 0.124 e. The van der Waals surface area contributed by atoms with E-state index in [1.165, 1.54) is 16.0 Å². The summed E-state index contributed by atoms with van der Waals surface area (Å²) in [7, 11) is 0. The lowest BCUT2D eigenvalue weighted by Crippen LogP contribution is -1.81. The summed E-state index contributed by atoms with van der Waals surface area (Å²) in [6, 6.07) is 18.6. The minimum Gasteiger partial charge on any atom is -0.236 e. The maximum atomic E-state index is 4.78. The molecule has 2 aromatic carbocycles. The second kappa shape index (κ2) is 5.27. The highest BCUT2D eigenvalue weighted by atomic mass is 79.9. The number of halogens is 1. The van der Waals surface area contributed by atoms with E-state index in [4.69, 9.17) is 4.98 Å². The van der Waals surface area contributed by atoms with Gasteiger partial charge in [-0.25, -0.2) is 4.98 Å². The third kappa shape index (κ3) is 2.62. The lowest BCUT2D eigenvalue weighted by molar-refractivity contribution is 1.37. The molecular formula is C16H12BrNS. The Hall–Kier alpha value is -1.45. The lowest BCUT2D eigenvalue weighted by Gasteiger charge is -1.98. The van der Waals surface area contributed by atoms with Gasteiger partial charge in [0.25, 0.3) is 0 Å². The van der Waals surface area contributed by atoms with Gasteiger partial charge in [-0.15, -0.1) is 11.3 Å². The quantitative estimate of drug-likeness (QED) is 0.600. The highest BCUT2D eigenvalue weighted by Gasteiger charge is 2.10. The molecule has 3 aromatic rings. The number of aromatic nitrogens is 1. The molecule has 1 aromatic heterocycles. The molecule has 0 fully saturated rings. The van der Waals surface area contributed by atoms with Crippen molar-refractivity contribution in [2.24, 2.45) is 0 Å². The first kappa shape index (κ1) is 12.6.